The van der Waals surface area contributed by atoms with Crippen molar-refractivity contribution in [1.29, 1.82) is 0 Å². The van der Waals surface area contributed by atoms with Gasteiger partial charge in [0.05, 0.1) is 18.3 Å². The molecule has 10 heteroatoms. The topological polar surface area (TPSA) is 158 Å². The lowest BCUT2D eigenvalue weighted by Crippen LogP contribution is -2.15. The number of carbonyl (C=O) groups excluding carboxylic acids is 1. The maximum absolute atomic E-state index is 11.9. The molecule has 0 aliphatic carbocycles. The van der Waals surface area contributed by atoms with Gasteiger partial charge < -0.3 is 27.6 Å². The van der Waals surface area contributed by atoms with Crippen LogP contribution in [0.15, 0.2) is 72.7 Å². The Labute approximate surface area is 195 Å². The molecule has 1 aromatic carbocycles. The van der Waals surface area contributed by atoms with Crippen molar-refractivity contribution >= 4 is 27.9 Å². The van der Waals surface area contributed by atoms with Crippen molar-refractivity contribution in [1.82, 2.24) is 15.0 Å². The van der Waals surface area contributed by atoms with Gasteiger partial charge in [0, 0.05) is 16.1 Å². The molecule has 0 saturated carbocycles. The first-order valence-corrected chi connectivity index (χ1v) is 10.9. The molecule has 8 N–H and O–H groups in total. The highest BCUT2D eigenvalue weighted by Crippen LogP contribution is 2.38. The summed E-state index contributed by atoms with van der Waals surface area (Å²) >= 11 is 1.34. The van der Waals surface area contributed by atoms with E-state index in [-0.39, 0.29) is 0 Å². The van der Waals surface area contributed by atoms with Gasteiger partial charge in [-0.05, 0) is 37.6 Å². The van der Waals surface area contributed by atoms with Crippen molar-refractivity contribution in [3.05, 3.63) is 84.0 Å². The van der Waals surface area contributed by atoms with Crippen LogP contribution in [0.1, 0.15) is 29.9 Å². The Hall–Kier alpha value is -3.89. The van der Waals surface area contributed by atoms with Crippen molar-refractivity contribution in [3.63, 3.8) is 0 Å². The van der Waals surface area contributed by atoms with E-state index in [1.54, 1.807) is 55.1 Å². The van der Waals surface area contributed by atoms with E-state index in [1.807, 2.05) is 18.2 Å². The first-order valence-electron chi connectivity index (χ1n) is 10.0. The molecule has 1 amide bonds. The quantitative estimate of drug-likeness (QED) is 0.240. The molecule has 0 atom stereocenters. The molecule has 0 saturated heterocycles. The second kappa shape index (κ2) is 9.72. The summed E-state index contributed by atoms with van der Waals surface area (Å²) in [6.07, 6.45) is 6.82. The fourth-order valence-corrected chi connectivity index (χ4v) is 4.03. The molecule has 0 bridgehead atoms. The van der Waals surface area contributed by atoms with Gasteiger partial charge in [0.2, 0.25) is 0 Å². The summed E-state index contributed by atoms with van der Waals surface area (Å²) in [5.41, 5.74) is 19.6. The van der Waals surface area contributed by atoms with Crippen LogP contribution >= 0.6 is 11.3 Å². The number of carbonyl (C=O) groups is 1. The van der Waals surface area contributed by atoms with E-state index < -0.39 is 11.5 Å². The molecule has 33 heavy (non-hydrogen) atoms. The summed E-state index contributed by atoms with van der Waals surface area (Å²) < 4.78 is 1.59. The normalized spacial score (nSPS) is 12.3. The van der Waals surface area contributed by atoms with Crippen LogP contribution in [0.25, 0.3) is 10.4 Å². The Morgan fingerprint density at radius 2 is 2.06 bits per heavy atom. The molecular formula is C23H27N7O2S. The summed E-state index contributed by atoms with van der Waals surface area (Å²) in [6, 6.07) is 9.09. The molecule has 9 nitrogen and oxygen atoms in total. The smallest absolute Gasteiger partial charge is 0.251 e. The van der Waals surface area contributed by atoms with Crippen LogP contribution in [0, 0.1) is 0 Å². The number of aromatic nitrogens is 3. The van der Waals surface area contributed by atoms with E-state index in [0.29, 0.717) is 34.3 Å². The number of aliphatic hydroxyl groups is 1. The van der Waals surface area contributed by atoms with Crippen LogP contribution in [-0.2, 0) is 12.1 Å². The Kier molecular flexibility index (Phi) is 7.00. The van der Waals surface area contributed by atoms with Gasteiger partial charge in [-0.15, -0.1) is 16.4 Å². The second-order valence-electron chi connectivity index (χ2n) is 7.93. The van der Waals surface area contributed by atoms with Gasteiger partial charge in [0.1, 0.15) is 22.1 Å². The van der Waals surface area contributed by atoms with E-state index in [2.05, 4.69) is 22.2 Å². The number of amides is 1. The average Bonchev–Trinajstić information content (AvgIpc) is 3.35. The van der Waals surface area contributed by atoms with Gasteiger partial charge in [0.15, 0.2) is 0 Å². The zero-order chi connectivity index (χ0) is 24.2. The number of thiophene rings is 1. The number of allylic oxidation sites excluding steroid dienone is 4. The summed E-state index contributed by atoms with van der Waals surface area (Å²) in [4.78, 5) is 12.7. The molecular weight excluding hydrogens is 438 g/mol. The number of nitrogens with one attached hydrogen (secondary N) is 1. The number of anilines is 2. The molecule has 2 aromatic heterocycles. The number of primary amides is 1. The highest BCUT2D eigenvalue weighted by atomic mass is 32.1. The minimum atomic E-state index is -1.06. The number of nitrogen functional groups attached to an aromatic ring is 1. The molecule has 0 fully saturated rings. The monoisotopic (exact) mass is 465 g/mol. The van der Waals surface area contributed by atoms with Crippen LogP contribution in [-0.4, -0.2) is 26.0 Å². The molecule has 3 rings (SSSR count). The fraction of sp³-hybridized carbons (Fsp3) is 0.174. The summed E-state index contributed by atoms with van der Waals surface area (Å²) in [5, 5.41) is 21.5. The van der Waals surface area contributed by atoms with Gasteiger partial charge in [0.25, 0.3) is 5.91 Å². The van der Waals surface area contributed by atoms with E-state index in [0.717, 1.165) is 16.0 Å². The highest BCUT2D eigenvalue weighted by molar-refractivity contribution is 7.20. The van der Waals surface area contributed by atoms with Gasteiger partial charge in [-0.2, -0.15) is 0 Å². The number of hydrogen-bond acceptors (Lipinski definition) is 8. The Morgan fingerprint density at radius 3 is 2.70 bits per heavy atom. The van der Waals surface area contributed by atoms with Crippen molar-refractivity contribution < 1.29 is 9.90 Å². The maximum atomic E-state index is 11.9. The van der Waals surface area contributed by atoms with Gasteiger partial charge in [-0.25, -0.2) is 4.68 Å². The molecule has 172 valence electrons. The van der Waals surface area contributed by atoms with Crippen molar-refractivity contribution in [2.75, 3.05) is 11.1 Å². The number of rotatable bonds is 9. The Bertz CT molecular complexity index is 1230. The molecule has 2 heterocycles. The standard InChI is InChI=1S/C23H27N7O2S/c1-14(12-30-13-19(28-29-30)23(2,3)32)7-6-10-20(25)27-22-16(21(26)31)11-18(33-22)15-8-4-5-9-17(15)24/h4-11,13,27,32H,1,12,24-25H2,2-3H3,(H2,26,31)/b7-6-,20-10+. The SMILES string of the molecule is C=C(/C=C\C=C(/N)Nc1sc(-c2ccccc2N)cc1C(N)=O)Cn1cc(C(C)(C)O)nn1. The van der Waals surface area contributed by atoms with E-state index in [1.165, 1.54) is 11.3 Å². The third kappa shape index (κ3) is 6.09. The van der Waals surface area contributed by atoms with Gasteiger partial charge >= 0.3 is 0 Å². The average molecular weight is 466 g/mol. The lowest BCUT2D eigenvalue weighted by atomic mass is 10.1. The zero-order valence-electron chi connectivity index (χ0n) is 18.4. The predicted molar refractivity (Wildman–Crippen MR) is 132 cm³/mol. The van der Waals surface area contributed by atoms with Gasteiger partial charge in [-0.3, -0.25) is 4.79 Å². The minimum Gasteiger partial charge on any atom is -0.398 e. The zero-order valence-corrected chi connectivity index (χ0v) is 19.3. The fourth-order valence-electron chi connectivity index (χ4n) is 2.90. The van der Waals surface area contributed by atoms with Crippen LogP contribution in [0.3, 0.4) is 0 Å². The molecule has 0 spiro atoms. The van der Waals surface area contributed by atoms with E-state index >= 15 is 0 Å². The highest BCUT2D eigenvalue weighted by Gasteiger charge is 2.20. The maximum Gasteiger partial charge on any atom is 0.251 e. The summed E-state index contributed by atoms with van der Waals surface area (Å²) in [7, 11) is 0. The van der Waals surface area contributed by atoms with Crippen LogP contribution < -0.4 is 22.5 Å². The number of nitrogens with zero attached hydrogens (tertiary/aromatic N) is 3. The van der Waals surface area contributed by atoms with Crippen LogP contribution in [0.4, 0.5) is 10.7 Å². The third-order valence-electron chi connectivity index (χ3n) is 4.62. The minimum absolute atomic E-state index is 0.320. The predicted octanol–water partition coefficient (Wildman–Crippen LogP) is 2.94. The summed E-state index contributed by atoms with van der Waals surface area (Å²) in [6.45, 7) is 7.68. The van der Waals surface area contributed by atoms with Crippen LogP contribution in [0.2, 0.25) is 0 Å². The largest absolute Gasteiger partial charge is 0.398 e. The number of hydrogen-bond donors (Lipinski definition) is 5. The van der Waals surface area contributed by atoms with E-state index in [9.17, 15) is 9.90 Å². The summed E-state index contributed by atoms with van der Waals surface area (Å²) in [5.74, 6) is -0.245. The van der Waals surface area contributed by atoms with Crippen molar-refractivity contribution in [2.45, 2.75) is 26.0 Å². The third-order valence-corrected chi connectivity index (χ3v) is 5.70. The number of nitrogens with two attached hydrogens (primary N) is 3. The second-order valence-corrected chi connectivity index (χ2v) is 8.98. The first-order chi connectivity index (χ1) is 15.5. The lowest BCUT2D eigenvalue weighted by Gasteiger charge is -2.11. The van der Waals surface area contributed by atoms with Crippen LogP contribution in [0.5, 0.6) is 0 Å². The van der Waals surface area contributed by atoms with Gasteiger partial charge in [-0.1, -0.05) is 42.1 Å². The molecule has 0 radical (unpaired) electrons. The molecule has 0 aliphatic rings. The van der Waals surface area contributed by atoms with Crippen molar-refractivity contribution in [2.24, 2.45) is 11.5 Å². The Balaban J connectivity index is 1.68. The Morgan fingerprint density at radius 1 is 1.33 bits per heavy atom. The molecule has 0 unspecified atom stereocenters. The lowest BCUT2D eigenvalue weighted by molar-refractivity contribution is 0.0737. The number of benzene rings is 1. The number of para-hydroxylation sites is 1. The molecule has 3 aromatic rings. The van der Waals surface area contributed by atoms with Crippen molar-refractivity contribution in [3.8, 4) is 10.4 Å². The first kappa shape index (κ1) is 23.8. The van der Waals surface area contributed by atoms with E-state index in [4.69, 9.17) is 17.2 Å². The molecule has 0 aliphatic heterocycles.